The molecular weight excluding hydrogens is 504 g/mol. The van der Waals surface area contributed by atoms with E-state index in [1.54, 1.807) is 87.0 Å². The zero-order valence-electron chi connectivity index (χ0n) is 20.5. The second-order valence-electron chi connectivity index (χ2n) is 8.09. The summed E-state index contributed by atoms with van der Waals surface area (Å²) in [4.78, 5) is 31.8. The van der Waals surface area contributed by atoms with Crippen LogP contribution in [-0.4, -0.2) is 36.4 Å². The summed E-state index contributed by atoms with van der Waals surface area (Å²) < 4.78 is 16.4. The SMILES string of the molecule is COc1ccc(N=C2S/C(=C\c3ccc(-c4ccccc4C(=O)O)o3)C(=O)N2c2ccc(OC)cc2)cc1. The molecule has 38 heavy (non-hydrogen) atoms. The minimum absolute atomic E-state index is 0.131. The number of methoxy groups -OCH3 is 2. The molecule has 0 spiro atoms. The summed E-state index contributed by atoms with van der Waals surface area (Å²) in [5.74, 6) is 0.863. The van der Waals surface area contributed by atoms with Crippen LogP contribution in [0.25, 0.3) is 17.4 Å². The predicted molar refractivity (Wildman–Crippen MR) is 147 cm³/mol. The molecule has 9 heteroatoms. The number of carboxylic acids is 1. The first kappa shape index (κ1) is 24.9. The third kappa shape index (κ3) is 5.05. The second-order valence-corrected chi connectivity index (χ2v) is 9.10. The molecule has 1 aliphatic heterocycles. The molecule has 1 aromatic heterocycles. The molecule has 1 N–H and O–H groups in total. The molecule has 1 amide bonds. The number of rotatable bonds is 7. The quantitative estimate of drug-likeness (QED) is 0.275. The molecule has 0 radical (unpaired) electrons. The maximum Gasteiger partial charge on any atom is 0.336 e. The number of anilines is 1. The monoisotopic (exact) mass is 526 g/mol. The highest BCUT2D eigenvalue weighted by atomic mass is 32.2. The lowest BCUT2D eigenvalue weighted by molar-refractivity contribution is -0.113. The summed E-state index contributed by atoms with van der Waals surface area (Å²) in [6, 6.07) is 24.3. The molecule has 0 unspecified atom stereocenters. The van der Waals surface area contributed by atoms with Gasteiger partial charge in [0.1, 0.15) is 23.0 Å². The number of furan rings is 1. The highest BCUT2D eigenvalue weighted by molar-refractivity contribution is 8.19. The zero-order chi connectivity index (χ0) is 26.6. The number of carbonyl (C=O) groups excluding carboxylic acids is 1. The van der Waals surface area contributed by atoms with Crippen LogP contribution >= 0.6 is 11.8 Å². The van der Waals surface area contributed by atoms with Gasteiger partial charge in [0.15, 0.2) is 5.17 Å². The Morgan fingerprint density at radius 3 is 2.24 bits per heavy atom. The summed E-state index contributed by atoms with van der Waals surface area (Å²) in [5.41, 5.74) is 1.88. The maximum absolute atomic E-state index is 13.6. The number of hydrogen-bond donors (Lipinski definition) is 1. The van der Waals surface area contributed by atoms with E-state index in [1.165, 1.54) is 22.7 Å². The fraction of sp³-hybridized carbons (Fsp3) is 0.0690. The Morgan fingerprint density at radius 1 is 0.921 bits per heavy atom. The minimum Gasteiger partial charge on any atom is -0.497 e. The molecule has 1 saturated heterocycles. The summed E-state index contributed by atoms with van der Waals surface area (Å²) in [7, 11) is 3.17. The van der Waals surface area contributed by atoms with Gasteiger partial charge in [0.2, 0.25) is 0 Å². The number of thioether (sulfide) groups is 1. The Labute approximate surface area is 222 Å². The van der Waals surface area contributed by atoms with Crippen molar-refractivity contribution in [2.24, 2.45) is 4.99 Å². The van der Waals surface area contributed by atoms with E-state index < -0.39 is 5.97 Å². The standard InChI is InChI=1S/C29H22N2O6S/c1-35-20-11-7-18(8-12-20)30-29-31(19-9-13-21(36-2)14-10-19)27(32)26(38-29)17-22-15-16-25(37-22)23-5-3-4-6-24(23)28(33)34/h3-17H,1-2H3,(H,33,34)/b26-17-,30-29?. The largest absolute Gasteiger partial charge is 0.497 e. The lowest BCUT2D eigenvalue weighted by Crippen LogP contribution is -2.28. The number of carbonyl (C=O) groups is 2. The summed E-state index contributed by atoms with van der Waals surface area (Å²) in [5, 5.41) is 9.98. The van der Waals surface area contributed by atoms with Gasteiger partial charge in [-0.05, 0) is 78.5 Å². The summed E-state index contributed by atoms with van der Waals surface area (Å²) >= 11 is 1.22. The Morgan fingerprint density at radius 2 is 1.58 bits per heavy atom. The van der Waals surface area contributed by atoms with Gasteiger partial charge in [-0.2, -0.15) is 0 Å². The van der Waals surface area contributed by atoms with Crippen molar-refractivity contribution in [2.75, 3.05) is 19.1 Å². The van der Waals surface area contributed by atoms with Gasteiger partial charge in [0, 0.05) is 11.6 Å². The number of carboxylic acid groups (broad SMARTS) is 1. The van der Waals surface area contributed by atoms with Crippen molar-refractivity contribution >= 4 is 46.3 Å². The van der Waals surface area contributed by atoms with E-state index in [4.69, 9.17) is 18.9 Å². The number of ether oxygens (including phenoxy) is 2. The molecule has 0 saturated carbocycles. The van der Waals surface area contributed by atoms with Crippen molar-refractivity contribution in [3.63, 3.8) is 0 Å². The number of amides is 1. The van der Waals surface area contributed by atoms with Crippen LogP contribution in [0.5, 0.6) is 11.5 Å². The van der Waals surface area contributed by atoms with E-state index in [2.05, 4.69) is 0 Å². The highest BCUT2D eigenvalue weighted by Crippen LogP contribution is 2.38. The third-order valence-corrected chi connectivity index (χ3v) is 6.73. The van der Waals surface area contributed by atoms with Crippen LogP contribution in [0.4, 0.5) is 11.4 Å². The fourth-order valence-corrected chi connectivity index (χ4v) is 4.84. The minimum atomic E-state index is -1.05. The zero-order valence-corrected chi connectivity index (χ0v) is 21.3. The number of benzene rings is 3. The van der Waals surface area contributed by atoms with Crippen LogP contribution in [0.3, 0.4) is 0 Å². The first-order valence-electron chi connectivity index (χ1n) is 11.5. The summed E-state index contributed by atoms with van der Waals surface area (Å²) in [6.07, 6.45) is 1.63. The maximum atomic E-state index is 13.6. The molecule has 0 atom stereocenters. The molecule has 1 fully saturated rings. The lowest BCUT2D eigenvalue weighted by atomic mass is 10.1. The van der Waals surface area contributed by atoms with Crippen molar-refractivity contribution < 1.29 is 28.6 Å². The molecule has 0 bridgehead atoms. The van der Waals surface area contributed by atoms with Crippen molar-refractivity contribution in [3.05, 3.63) is 101 Å². The van der Waals surface area contributed by atoms with Crippen molar-refractivity contribution in [1.82, 2.24) is 0 Å². The average Bonchev–Trinajstić information content (AvgIpc) is 3.53. The van der Waals surface area contributed by atoms with Crippen LogP contribution in [0, 0.1) is 0 Å². The van der Waals surface area contributed by atoms with Crippen molar-refractivity contribution in [2.45, 2.75) is 0 Å². The van der Waals surface area contributed by atoms with E-state index in [1.807, 2.05) is 12.1 Å². The second kappa shape index (κ2) is 10.7. The van der Waals surface area contributed by atoms with E-state index in [0.717, 1.165) is 0 Å². The van der Waals surface area contributed by atoms with E-state index in [-0.39, 0.29) is 11.5 Å². The van der Waals surface area contributed by atoms with Gasteiger partial charge < -0.3 is 19.0 Å². The van der Waals surface area contributed by atoms with Gasteiger partial charge in [0.05, 0.1) is 36.1 Å². The smallest absolute Gasteiger partial charge is 0.336 e. The number of amidine groups is 1. The highest BCUT2D eigenvalue weighted by Gasteiger charge is 2.35. The van der Waals surface area contributed by atoms with Crippen LogP contribution in [0.15, 0.2) is 99.2 Å². The Balaban J connectivity index is 1.51. The van der Waals surface area contributed by atoms with Crippen molar-refractivity contribution in [3.8, 4) is 22.8 Å². The lowest BCUT2D eigenvalue weighted by Gasteiger charge is -2.16. The van der Waals surface area contributed by atoms with Crippen LogP contribution in [0.2, 0.25) is 0 Å². The van der Waals surface area contributed by atoms with E-state index in [0.29, 0.717) is 50.0 Å². The fourth-order valence-electron chi connectivity index (χ4n) is 3.86. The molecular formula is C29H22N2O6S. The third-order valence-electron chi connectivity index (χ3n) is 5.76. The van der Waals surface area contributed by atoms with E-state index >= 15 is 0 Å². The predicted octanol–water partition coefficient (Wildman–Crippen LogP) is 6.47. The topological polar surface area (TPSA) is 102 Å². The van der Waals surface area contributed by atoms with Crippen LogP contribution in [-0.2, 0) is 4.79 Å². The van der Waals surface area contributed by atoms with Gasteiger partial charge in [-0.15, -0.1) is 0 Å². The molecule has 8 nitrogen and oxygen atoms in total. The number of hydrogen-bond acceptors (Lipinski definition) is 7. The Bertz CT molecular complexity index is 1550. The molecule has 1 aliphatic rings. The Hall–Kier alpha value is -4.76. The van der Waals surface area contributed by atoms with Gasteiger partial charge in [-0.1, -0.05) is 18.2 Å². The van der Waals surface area contributed by atoms with Gasteiger partial charge in [-0.3, -0.25) is 9.69 Å². The first-order valence-corrected chi connectivity index (χ1v) is 12.3. The first-order chi connectivity index (χ1) is 18.5. The molecule has 190 valence electrons. The van der Waals surface area contributed by atoms with Crippen molar-refractivity contribution in [1.29, 1.82) is 0 Å². The molecule has 2 heterocycles. The molecule has 0 aliphatic carbocycles. The van der Waals surface area contributed by atoms with E-state index in [9.17, 15) is 14.7 Å². The van der Waals surface area contributed by atoms with Gasteiger partial charge in [0.25, 0.3) is 5.91 Å². The average molecular weight is 527 g/mol. The van der Waals surface area contributed by atoms with Gasteiger partial charge in [-0.25, -0.2) is 9.79 Å². The Kier molecular flexibility index (Phi) is 7.01. The number of nitrogens with zero attached hydrogens (tertiary/aromatic N) is 2. The normalized spacial score (nSPS) is 15.3. The number of aliphatic imine (C=N–C) groups is 1. The molecule has 5 rings (SSSR count). The molecule has 4 aromatic rings. The van der Waals surface area contributed by atoms with Gasteiger partial charge >= 0.3 is 5.97 Å². The van der Waals surface area contributed by atoms with Crippen LogP contribution in [0.1, 0.15) is 16.1 Å². The molecule has 3 aromatic carbocycles. The number of aromatic carboxylic acids is 1. The summed E-state index contributed by atoms with van der Waals surface area (Å²) in [6.45, 7) is 0. The van der Waals surface area contributed by atoms with Crippen LogP contribution < -0.4 is 14.4 Å².